The average Bonchev–Trinajstić information content (AvgIpc) is 3.41. The van der Waals surface area contributed by atoms with E-state index in [0.29, 0.717) is 80.5 Å². The first-order valence-corrected chi connectivity index (χ1v) is 17.2. The number of carbonyl (C=O) groups is 3. The van der Waals surface area contributed by atoms with Crippen molar-refractivity contribution < 1.29 is 37.4 Å². The Morgan fingerprint density at radius 1 is 0.980 bits per heavy atom. The molecule has 262 valence electrons. The number of carboxylic acids is 1. The van der Waals surface area contributed by atoms with Crippen LogP contribution in [0.1, 0.15) is 76.9 Å². The van der Waals surface area contributed by atoms with E-state index in [4.69, 9.17) is 4.74 Å². The van der Waals surface area contributed by atoms with Crippen molar-refractivity contribution in [2.24, 2.45) is 23.7 Å². The third-order valence-corrected chi connectivity index (χ3v) is 12.1. The molecule has 0 radical (unpaired) electrons. The Bertz CT molecular complexity index is 1830. The number of hydrogen-bond acceptors (Lipinski definition) is 7. The zero-order chi connectivity index (χ0) is 35.0. The van der Waals surface area contributed by atoms with Crippen LogP contribution in [0.3, 0.4) is 0 Å². The Hall–Kier alpha value is -4.52. The predicted octanol–water partition coefficient (Wildman–Crippen LogP) is 5.98. The van der Waals surface area contributed by atoms with Gasteiger partial charge < -0.3 is 25.0 Å². The molecule has 4 aliphatic carbocycles. The molecule has 13 heteroatoms. The molecular formula is C37H38F3N5O5. The van der Waals surface area contributed by atoms with E-state index >= 15 is 0 Å². The molecule has 6 aliphatic rings. The third kappa shape index (κ3) is 5.15. The molecule has 4 bridgehead atoms. The molecule has 5 fully saturated rings. The standard InChI is InChI=1S/C37H38F3N5O5/c1-44(32(47)23-5-3-2-4-6-23)26-7-8-29-28(18-26)35(9-11-50-12-10-35)20-45(29)34-41-19-27(30(42-34)37(38,39)40)31(46)43-36(33(48)49)24-14-21-13-22(16-24)17-25(36)15-21/h2-8,18-19,21-22,24-25H,9-17,20H2,1H3,(H,43,46)(H,48,49). The molecule has 3 heterocycles. The number of anilines is 3. The minimum atomic E-state index is -5.02. The van der Waals surface area contributed by atoms with Gasteiger partial charge in [0, 0.05) is 55.4 Å². The van der Waals surface area contributed by atoms with Crippen molar-refractivity contribution >= 4 is 35.1 Å². The molecule has 1 saturated heterocycles. The van der Waals surface area contributed by atoms with Crippen LogP contribution in [0.4, 0.5) is 30.5 Å². The number of benzene rings is 2. The van der Waals surface area contributed by atoms with E-state index < -0.39 is 40.3 Å². The Balaban J connectivity index is 1.14. The number of alkyl halides is 3. The maximum Gasteiger partial charge on any atom is 0.434 e. The largest absolute Gasteiger partial charge is 0.479 e. The van der Waals surface area contributed by atoms with Gasteiger partial charge in [-0.25, -0.2) is 14.8 Å². The number of fused-ring (bicyclic) bond motifs is 2. The summed E-state index contributed by atoms with van der Waals surface area (Å²) < 4.78 is 49.9. The number of rotatable bonds is 6. The summed E-state index contributed by atoms with van der Waals surface area (Å²) in [6.07, 6.45) is 0.660. The van der Waals surface area contributed by atoms with Gasteiger partial charge in [0.15, 0.2) is 5.69 Å². The number of carboxylic acid groups (broad SMARTS) is 1. The van der Waals surface area contributed by atoms with Crippen LogP contribution in [-0.2, 0) is 21.1 Å². The topological polar surface area (TPSA) is 125 Å². The second kappa shape index (κ2) is 11.8. The number of aliphatic carboxylic acids is 1. The Morgan fingerprint density at radius 3 is 2.26 bits per heavy atom. The SMILES string of the molecule is CN(C(=O)c1ccccc1)c1ccc2c(c1)C1(CCOCC1)CN2c1ncc(C(=O)NC2(C(=O)O)C3CC4CC(C3)CC2C4)c(C(F)(F)F)n1. The quantitative estimate of drug-likeness (QED) is 0.324. The van der Waals surface area contributed by atoms with E-state index in [9.17, 15) is 32.7 Å². The van der Waals surface area contributed by atoms with Gasteiger partial charge in [-0.05, 0) is 105 Å². The summed E-state index contributed by atoms with van der Waals surface area (Å²) in [4.78, 5) is 51.3. The van der Waals surface area contributed by atoms with Gasteiger partial charge in [0.1, 0.15) is 5.54 Å². The molecule has 10 nitrogen and oxygen atoms in total. The molecule has 1 spiro atoms. The summed E-state index contributed by atoms with van der Waals surface area (Å²) in [5.41, 5.74) is -1.71. The molecule has 3 aromatic rings. The van der Waals surface area contributed by atoms with Gasteiger partial charge >= 0.3 is 12.1 Å². The zero-order valence-corrected chi connectivity index (χ0v) is 27.6. The zero-order valence-electron chi connectivity index (χ0n) is 27.6. The van der Waals surface area contributed by atoms with Gasteiger partial charge in [-0.3, -0.25) is 9.59 Å². The fraction of sp³-hybridized carbons (Fsp3) is 0.486. The van der Waals surface area contributed by atoms with Crippen molar-refractivity contribution in [3.63, 3.8) is 0 Å². The Kier molecular flexibility index (Phi) is 7.70. The lowest BCUT2D eigenvalue weighted by atomic mass is 9.48. The smallest absolute Gasteiger partial charge is 0.434 e. The Morgan fingerprint density at radius 2 is 1.64 bits per heavy atom. The second-order valence-electron chi connectivity index (χ2n) is 14.8. The lowest BCUT2D eigenvalue weighted by Gasteiger charge is -2.59. The highest BCUT2D eigenvalue weighted by molar-refractivity contribution is 6.06. The molecule has 50 heavy (non-hydrogen) atoms. The van der Waals surface area contributed by atoms with Crippen molar-refractivity contribution in [3.8, 4) is 0 Å². The molecule has 2 amide bonds. The summed E-state index contributed by atoms with van der Waals surface area (Å²) in [5.74, 6) is -2.64. The van der Waals surface area contributed by atoms with Crippen LogP contribution in [0.2, 0.25) is 0 Å². The highest BCUT2D eigenvalue weighted by atomic mass is 19.4. The monoisotopic (exact) mass is 689 g/mol. The first-order valence-electron chi connectivity index (χ1n) is 17.2. The van der Waals surface area contributed by atoms with Crippen molar-refractivity contribution in [1.29, 1.82) is 0 Å². The molecule has 1 aromatic heterocycles. The maximum absolute atomic E-state index is 14.7. The molecule has 2 aromatic carbocycles. The lowest BCUT2D eigenvalue weighted by Crippen LogP contribution is -2.70. The maximum atomic E-state index is 14.7. The minimum Gasteiger partial charge on any atom is -0.479 e. The van der Waals surface area contributed by atoms with E-state index in [1.807, 2.05) is 12.1 Å². The molecular weight excluding hydrogens is 651 g/mol. The van der Waals surface area contributed by atoms with E-state index in [2.05, 4.69) is 15.3 Å². The molecule has 0 unspecified atom stereocenters. The molecule has 0 atom stereocenters. The Labute approximate surface area is 287 Å². The highest BCUT2D eigenvalue weighted by Gasteiger charge is 2.62. The third-order valence-electron chi connectivity index (χ3n) is 12.1. The van der Waals surface area contributed by atoms with E-state index in [0.717, 1.165) is 18.2 Å². The van der Waals surface area contributed by atoms with Gasteiger partial charge in [0.25, 0.3) is 11.8 Å². The van der Waals surface area contributed by atoms with Crippen molar-refractivity contribution in [1.82, 2.24) is 15.3 Å². The number of ether oxygens (including phenoxy) is 1. The summed E-state index contributed by atoms with van der Waals surface area (Å²) in [5, 5.41) is 13.1. The summed E-state index contributed by atoms with van der Waals surface area (Å²) in [6, 6.07) is 14.3. The number of halogens is 3. The number of amides is 2. The minimum absolute atomic E-state index is 0.202. The van der Waals surface area contributed by atoms with Crippen LogP contribution in [-0.4, -0.2) is 65.2 Å². The number of hydrogen-bond donors (Lipinski definition) is 2. The first-order chi connectivity index (χ1) is 23.9. The van der Waals surface area contributed by atoms with Crippen LogP contribution >= 0.6 is 0 Å². The first kappa shape index (κ1) is 32.7. The fourth-order valence-electron chi connectivity index (χ4n) is 9.80. The molecule has 4 saturated carbocycles. The van der Waals surface area contributed by atoms with Gasteiger partial charge in [-0.15, -0.1) is 0 Å². The van der Waals surface area contributed by atoms with Gasteiger partial charge in [0.2, 0.25) is 5.95 Å². The lowest BCUT2D eigenvalue weighted by molar-refractivity contribution is -0.163. The molecule has 9 rings (SSSR count). The fourth-order valence-corrected chi connectivity index (χ4v) is 9.80. The average molecular weight is 690 g/mol. The normalized spacial score (nSPS) is 27.6. The molecule has 2 aliphatic heterocycles. The van der Waals surface area contributed by atoms with Crippen molar-refractivity contribution in [3.05, 3.63) is 77.1 Å². The highest BCUT2D eigenvalue weighted by Crippen LogP contribution is 2.58. The van der Waals surface area contributed by atoms with E-state index in [-0.39, 0.29) is 30.2 Å². The summed E-state index contributed by atoms with van der Waals surface area (Å²) in [7, 11) is 1.68. The van der Waals surface area contributed by atoms with Crippen molar-refractivity contribution in [2.75, 3.05) is 36.6 Å². The van der Waals surface area contributed by atoms with Crippen molar-refractivity contribution in [2.45, 2.75) is 62.1 Å². The number of nitrogens with one attached hydrogen (secondary N) is 1. The second-order valence-corrected chi connectivity index (χ2v) is 14.8. The molecule has 2 N–H and O–H groups in total. The van der Waals surface area contributed by atoms with Crippen LogP contribution < -0.4 is 15.1 Å². The van der Waals surface area contributed by atoms with Gasteiger partial charge in [0.05, 0.1) is 5.56 Å². The number of carbonyl (C=O) groups excluding carboxylic acids is 2. The number of aromatic nitrogens is 2. The van der Waals surface area contributed by atoms with E-state index in [1.54, 1.807) is 53.2 Å². The van der Waals surface area contributed by atoms with E-state index in [1.165, 1.54) is 0 Å². The van der Waals surface area contributed by atoms with Crippen LogP contribution in [0.15, 0.2) is 54.7 Å². The summed E-state index contributed by atoms with van der Waals surface area (Å²) >= 11 is 0. The van der Waals surface area contributed by atoms with Gasteiger partial charge in [-0.2, -0.15) is 13.2 Å². The van der Waals surface area contributed by atoms with Crippen LogP contribution in [0.5, 0.6) is 0 Å². The van der Waals surface area contributed by atoms with Crippen LogP contribution in [0.25, 0.3) is 0 Å². The number of nitrogens with zero attached hydrogens (tertiary/aromatic N) is 4. The van der Waals surface area contributed by atoms with Crippen LogP contribution in [0, 0.1) is 23.7 Å². The summed E-state index contributed by atoms with van der Waals surface area (Å²) in [6.45, 7) is 1.19. The predicted molar refractivity (Wildman–Crippen MR) is 176 cm³/mol. The van der Waals surface area contributed by atoms with Gasteiger partial charge in [-0.1, -0.05) is 18.2 Å².